The molecule has 6 nitrogen and oxygen atoms in total. The van der Waals surface area contributed by atoms with Crippen molar-refractivity contribution in [1.29, 1.82) is 0 Å². The Morgan fingerprint density at radius 3 is 2.00 bits per heavy atom. The molecule has 162 valence electrons. The third-order valence-corrected chi connectivity index (χ3v) is 7.89. The van der Waals surface area contributed by atoms with Crippen LogP contribution in [0.25, 0.3) is 0 Å². The average molecular weight is 423 g/mol. The average Bonchev–Trinajstić information content (AvgIpc) is 2.89. The molecule has 2 aliphatic heterocycles. The Bertz CT molecular complexity index is 807. The number of rotatable bonds is 4. The molecule has 0 bridgehead atoms. The highest BCUT2D eigenvalue weighted by molar-refractivity contribution is 7.89. The molecule has 2 aliphatic rings. The quantitative estimate of drug-likeness (QED) is 0.781. The lowest BCUT2D eigenvalue weighted by Gasteiger charge is -2.43. The molecule has 2 heterocycles. The predicted molar refractivity (Wildman–Crippen MR) is 114 cm³/mol. The lowest BCUT2D eigenvalue weighted by molar-refractivity contribution is -0.787. The second kappa shape index (κ2) is 8.36. The van der Waals surface area contributed by atoms with Crippen molar-refractivity contribution >= 4 is 15.9 Å². The van der Waals surface area contributed by atoms with E-state index in [0.717, 1.165) is 38.5 Å². The summed E-state index contributed by atoms with van der Waals surface area (Å²) in [5.74, 6) is -0.137. The first kappa shape index (κ1) is 22.2. The Morgan fingerprint density at radius 2 is 1.48 bits per heavy atom. The fraction of sp³-hybridized carbons (Fsp3) is 0.682. The van der Waals surface area contributed by atoms with E-state index >= 15 is 0 Å². The van der Waals surface area contributed by atoms with Crippen molar-refractivity contribution in [1.82, 2.24) is 9.62 Å². The van der Waals surface area contributed by atoms with Crippen LogP contribution < -0.4 is 10.6 Å². The minimum absolute atomic E-state index is 0.0742. The Kier molecular flexibility index (Phi) is 6.41. The van der Waals surface area contributed by atoms with Crippen LogP contribution in [0, 0.1) is 0 Å². The third kappa shape index (κ3) is 5.58. The van der Waals surface area contributed by atoms with E-state index in [2.05, 4.69) is 38.3 Å². The largest absolute Gasteiger partial charge is 0.349 e. The summed E-state index contributed by atoms with van der Waals surface area (Å²) in [6.45, 7) is 9.97. The van der Waals surface area contributed by atoms with E-state index in [9.17, 15) is 13.2 Å². The summed E-state index contributed by atoms with van der Waals surface area (Å²) in [4.78, 5) is 13.0. The molecule has 2 fully saturated rings. The third-order valence-electron chi connectivity index (χ3n) is 5.98. The van der Waals surface area contributed by atoms with Gasteiger partial charge in [-0.25, -0.2) is 8.42 Å². The highest BCUT2D eigenvalue weighted by atomic mass is 32.2. The fourth-order valence-electron chi connectivity index (χ4n) is 5.10. The van der Waals surface area contributed by atoms with E-state index in [-0.39, 0.29) is 27.9 Å². The molecule has 0 radical (unpaired) electrons. The predicted octanol–water partition coefficient (Wildman–Crippen LogP) is 2.26. The second-order valence-electron chi connectivity index (χ2n) is 10.0. The summed E-state index contributed by atoms with van der Waals surface area (Å²) in [5.41, 5.74) is 0.653. The van der Waals surface area contributed by atoms with Crippen LogP contribution in [0.4, 0.5) is 0 Å². The Labute approximate surface area is 175 Å². The summed E-state index contributed by atoms with van der Waals surface area (Å²) in [6.07, 6.45) is 5.79. The smallest absolute Gasteiger partial charge is 0.251 e. The first-order valence-electron chi connectivity index (χ1n) is 10.8. The number of nitrogens with two attached hydrogens (primary N) is 1. The zero-order chi connectivity index (χ0) is 21.3. The van der Waals surface area contributed by atoms with Gasteiger partial charge in [0.05, 0.1) is 16.0 Å². The van der Waals surface area contributed by atoms with Crippen molar-refractivity contribution in [3.8, 4) is 0 Å². The minimum Gasteiger partial charge on any atom is -0.349 e. The summed E-state index contributed by atoms with van der Waals surface area (Å²) >= 11 is 0. The molecule has 0 aromatic heterocycles. The Balaban J connectivity index is 1.68. The topological polar surface area (TPSA) is 83.1 Å². The van der Waals surface area contributed by atoms with E-state index in [0.29, 0.717) is 18.7 Å². The number of benzene rings is 1. The lowest BCUT2D eigenvalue weighted by atomic mass is 9.79. The highest BCUT2D eigenvalue weighted by Crippen LogP contribution is 2.23. The van der Waals surface area contributed by atoms with Gasteiger partial charge < -0.3 is 10.6 Å². The molecule has 3 N–H and O–H groups in total. The maximum atomic E-state index is 12.9. The summed E-state index contributed by atoms with van der Waals surface area (Å²) < 4.78 is 27.4. The van der Waals surface area contributed by atoms with Crippen LogP contribution in [0.3, 0.4) is 0 Å². The van der Waals surface area contributed by atoms with E-state index in [1.165, 1.54) is 0 Å². The van der Waals surface area contributed by atoms with Gasteiger partial charge in [0.2, 0.25) is 10.0 Å². The molecule has 0 atom stereocenters. The molecule has 29 heavy (non-hydrogen) atoms. The van der Waals surface area contributed by atoms with Crippen LogP contribution in [0.1, 0.15) is 76.6 Å². The number of nitrogens with zero attached hydrogens (tertiary/aromatic N) is 1. The number of hydrogen-bond donors (Lipinski definition) is 2. The van der Waals surface area contributed by atoms with Gasteiger partial charge >= 0.3 is 0 Å². The number of carbonyl (C=O) groups excluding carboxylic acids is 1. The molecule has 0 aliphatic carbocycles. The summed E-state index contributed by atoms with van der Waals surface area (Å²) in [5, 5.41) is 5.54. The zero-order valence-electron chi connectivity index (χ0n) is 18.2. The van der Waals surface area contributed by atoms with Crippen LogP contribution in [-0.2, 0) is 10.0 Å². The van der Waals surface area contributed by atoms with E-state index < -0.39 is 10.0 Å². The van der Waals surface area contributed by atoms with Crippen molar-refractivity contribution in [2.45, 2.75) is 88.2 Å². The molecule has 0 spiro atoms. The number of nitrogens with one attached hydrogen (secondary N) is 1. The number of sulfonamides is 1. The maximum Gasteiger partial charge on any atom is 0.251 e. The van der Waals surface area contributed by atoms with Crippen molar-refractivity contribution in [3.63, 3.8) is 0 Å². The molecule has 0 unspecified atom stereocenters. The molecule has 7 heteroatoms. The SMILES string of the molecule is CC1(C)CC(NC(=O)c2ccc(S(=O)(=O)N3CCCCCC3)cc2)CC(C)(C)[NH2+]1. The van der Waals surface area contributed by atoms with Gasteiger partial charge in [-0.3, -0.25) is 4.79 Å². The van der Waals surface area contributed by atoms with Gasteiger partial charge in [-0.1, -0.05) is 12.8 Å². The number of amides is 1. The molecule has 0 saturated carbocycles. The lowest BCUT2D eigenvalue weighted by Crippen LogP contribution is -3.06. The Morgan fingerprint density at radius 1 is 0.966 bits per heavy atom. The van der Waals surface area contributed by atoms with Crippen molar-refractivity contribution in [2.24, 2.45) is 0 Å². The molecular weight excluding hydrogens is 386 g/mol. The van der Waals surface area contributed by atoms with Crippen LogP contribution in [-0.4, -0.2) is 48.8 Å². The molecular formula is C22H36N3O3S+. The molecule has 2 saturated heterocycles. The van der Waals surface area contributed by atoms with Crippen molar-refractivity contribution < 1.29 is 18.5 Å². The number of piperidine rings is 1. The fourth-order valence-corrected chi connectivity index (χ4v) is 6.62. The number of carbonyl (C=O) groups is 1. The number of hydrogen-bond acceptors (Lipinski definition) is 3. The minimum atomic E-state index is -3.49. The van der Waals surface area contributed by atoms with E-state index in [1.54, 1.807) is 28.6 Å². The van der Waals surface area contributed by atoms with Gasteiger partial charge in [0.1, 0.15) is 0 Å². The van der Waals surface area contributed by atoms with Crippen molar-refractivity contribution in [2.75, 3.05) is 13.1 Å². The maximum absolute atomic E-state index is 12.9. The zero-order valence-corrected chi connectivity index (χ0v) is 19.0. The number of quaternary nitrogens is 1. The molecule has 3 rings (SSSR count). The van der Waals surface area contributed by atoms with Gasteiger partial charge in [0, 0.05) is 37.5 Å². The molecule has 1 aromatic rings. The van der Waals surface area contributed by atoms with Crippen LogP contribution in [0.15, 0.2) is 29.2 Å². The second-order valence-corrected chi connectivity index (χ2v) is 12.0. The summed E-state index contributed by atoms with van der Waals surface area (Å²) in [6, 6.07) is 6.50. The highest BCUT2D eigenvalue weighted by Gasteiger charge is 2.42. The molecule has 1 amide bonds. The standard InChI is InChI=1S/C22H35N3O3S/c1-21(2)15-18(16-22(3,4)24-21)23-20(26)17-9-11-19(12-10-17)29(27,28)25-13-7-5-6-8-14-25/h9-12,18,24H,5-8,13-16H2,1-4H3,(H,23,26)/p+1. The van der Waals surface area contributed by atoms with Crippen LogP contribution >= 0.6 is 0 Å². The van der Waals surface area contributed by atoms with Gasteiger partial charge in [-0.05, 0) is 64.8 Å². The normalized spacial score (nSPS) is 23.3. The summed E-state index contributed by atoms with van der Waals surface area (Å²) in [7, 11) is -3.49. The molecule has 1 aromatic carbocycles. The Hall–Kier alpha value is -1.44. The van der Waals surface area contributed by atoms with Gasteiger partial charge in [0.25, 0.3) is 5.91 Å². The van der Waals surface area contributed by atoms with Crippen molar-refractivity contribution in [3.05, 3.63) is 29.8 Å². The van der Waals surface area contributed by atoms with Gasteiger partial charge in [0.15, 0.2) is 0 Å². The van der Waals surface area contributed by atoms with Crippen LogP contribution in [0.2, 0.25) is 0 Å². The first-order chi connectivity index (χ1) is 13.5. The van der Waals surface area contributed by atoms with E-state index in [1.807, 2.05) is 0 Å². The van der Waals surface area contributed by atoms with E-state index in [4.69, 9.17) is 0 Å². The first-order valence-corrected chi connectivity index (χ1v) is 12.2. The van der Waals surface area contributed by atoms with Gasteiger partial charge in [-0.2, -0.15) is 4.31 Å². The monoisotopic (exact) mass is 422 g/mol. The van der Waals surface area contributed by atoms with Gasteiger partial charge in [-0.15, -0.1) is 0 Å². The van der Waals surface area contributed by atoms with Crippen LogP contribution in [0.5, 0.6) is 0 Å².